The second-order valence-corrected chi connectivity index (χ2v) is 12.7. The van der Waals surface area contributed by atoms with E-state index in [1.54, 1.807) is 6.20 Å². The van der Waals surface area contributed by atoms with E-state index < -0.39 is 8.07 Å². The molecule has 3 N–H and O–H groups in total. The summed E-state index contributed by atoms with van der Waals surface area (Å²) in [6, 6.07) is 6.88. The Bertz CT molecular complexity index is 858. The molecule has 0 amide bonds. The molecule has 0 radical (unpaired) electrons. The molecule has 1 aromatic heterocycles. The number of benzene rings is 1. The topological polar surface area (TPSA) is 63.8 Å². The maximum Gasteiger partial charge on any atom is 0.225 e. The second kappa shape index (κ2) is 6.53. The molecule has 2 aromatic rings. The van der Waals surface area contributed by atoms with Crippen molar-refractivity contribution >= 4 is 19.8 Å². The molecule has 3 rings (SSSR count). The van der Waals surface area contributed by atoms with Crippen LogP contribution in [0.2, 0.25) is 19.6 Å². The van der Waals surface area contributed by atoms with Crippen molar-refractivity contribution in [3.8, 4) is 11.5 Å². The predicted molar refractivity (Wildman–Crippen MR) is 107 cm³/mol. The van der Waals surface area contributed by atoms with Gasteiger partial charge in [-0.25, -0.2) is 4.98 Å². The molecule has 25 heavy (non-hydrogen) atoms. The highest BCUT2D eigenvalue weighted by atomic mass is 28.3. The van der Waals surface area contributed by atoms with Crippen molar-refractivity contribution in [2.24, 2.45) is 5.92 Å². The van der Waals surface area contributed by atoms with Gasteiger partial charge < -0.3 is 11.1 Å². The number of hydrogen-bond acceptors (Lipinski definition) is 4. The molecule has 2 atom stereocenters. The van der Waals surface area contributed by atoms with Crippen molar-refractivity contribution in [3.05, 3.63) is 46.6 Å². The molecule has 4 nitrogen and oxygen atoms in total. The lowest BCUT2D eigenvalue weighted by atomic mass is 10.0. The number of nitrogens with one attached hydrogen (secondary N) is 1. The third-order valence-corrected chi connectivity index (χ3v) is 5.30. The highest BCUT2D eigenvalue weighted by Gasteiger charge is 2.29. The van der Waals surface area contributed by atoms with Gasteiger partial charge in [0.05, 0.1) is 17.8 Å². The third-order valence-electron chi connectivity index (χ3n) is 4.42. The fourth-order valence-corrected chi connectivity index (χ4v) is 3.65. The molecule has 0 fully saturated rings. The summed E-state index contributed by atoms with van der Waals surface area (Å²) in [7, 11) is -1.45. The molecule has 5 heteroatoms. The number of rotatable bonds is 2. The van der Waals surface area contributed by atoms with Crippen LogP contribution in [-0.2, 0) is 6.42 Å². The fraction of sp³-hybridized carbons (Fsp3) is 0.400. The quantitative estimate of drug-likeness (QED) is 0.636. The molecule has 1 heterocycles. The van der Waals surface area contributed by atoms with Gasteiger partial charge in [0.2, 0.25) is 5.95 Å². The molecule has 0 saturated carbocycles. The molecule has 0 saturated heterocycles. The minimum Gasteiger partial charge on any atom is -0.382 e. The number of nitrogen functional groups attached to an aromatic ring is 1. The Morgan fingerprint density at radius 1 is 1.28 bits per heavy atom. The van der Waals surface area contributed by atoms with E-state index in [1.807, 2.05) is 0 Å². The minimum absolute atomic E-state index is 0.216. The highest BCUT2D eigenvalue weighted by molar-refractivity contribution is 6.83. The number of fused-ring (bicyclic) bond motifs is 1. The van der Waals surface area contributed by atoms with E-state index in [1.165, 1.54) is 16.7 Å². The van der Waals surface area contributed by atoms with Crippen molar-refractivity contribution in [2.45, 2.75) is 46.0 Å². The van der Waals surface area contributed by atoms with E-state index in [0.717, 1.165) is 6.42 Å². The Kier molecular flexibility index (Phi) is 4.57. The average molecular weight is 351 g/mol. The lowest BCUT2D eigenvalue weighted by Crippen LogP contribution is -2.17. The van der Waals surface area contributed by atoms with Crippen LogP contribution in [0.3, 0.4) is 0 Å². The maximum absolute atomic E-state index is 6.10. The van der Waals surface area contributed by atoms with Gasteiger partial charge in [-0.15, -0.1) is 5.54 Å². The van der Waals surface area contributed by atoms with E-state index in [2.05, 4.69) is 78.4 Å². The number of aryl methyl sites for hydroxylation is 1. The first-order valence-electron chi connectivity index (χ1n) is 8.74. The summed E-state index contributed by atoms with van der Waals surface area (Å²) in [6.45, 7) is 11.0. The van der Waals surface area contributed by atoms with Gasteiger partial charge in [-0.3, -0.25) is 0 Å². The molecule has 1 aliphatic carbocycles. The van der Waals surface area contributed by atoms with Crippen molar-refractivity contribution in [1.82, 2.24) is 9.97 Å². The van der Waals surface area contributed by atoms with Crippen LogP contribution in [0, 0.1) is 24.3 Å². The molecule has 1 aromatic carbocycles. The van der Waals surface area contributed by atoms with Gasteiger partial charge in [0.1, 0.15) is 13.9 Å². The van der Waals surface area contributed by atoms with Gasteiger partial charge >= 0.3 is 0 Å². The zero-order chi connectivity index (χ0) is 18.2. The van der Waals surface area contributed by atoms with Gasteiger partial charge in [0.25, 0.3) is 0 Å². The van der Waals surface area contributed by atoms with Crippen molar-refractivity contribution < 1.29 is 0 Å². The maximum atomic E-state index is 6.10. The van der Waals surface area contributed by atoms with Gasteiger partial charge in [-0.05, 0) is 30.4 Å². The van der Waals surface area contributed by atoms with Gasteiger partial charge in [0.15, 0.2) is 0 Å². The summed E-state index contributed by atoms with van der Waals surface area (Å²) < 4.78 is 0. The first-order chi connectivity index (χ1) is 11.7. The van der Waals surface area contributed by atoms with Crippen molar-refractivity contribution in [2.75, 3.05) is 11.1 Å². The molecule has 0 aliphatic heterocycles. The number of nitrogens with zero attached hydrogens (tertiary/aromatic N) is 2. The lowest BCUT2D eigenvalue weighted by Gasteiger charge is -2.19. The van der Waals surface area contributed by atoms with Crippen LogP contribution in [0.15, 0.2) is 24.4 Å². The summed E-state index contributed by atoms with van der Waals surface area (Å²) in [6.07, 6.45) is 2.80. The minimum atomic E-state index is -1.45. The largest absolute Gasteiger partial charge is 0.382 e. The molecule has 0 bridgehead atoms. The number of anilines is 2. The van der Waals surface area contributed by atoms with Crippen LogP contribution in [0.1, 0.15) is 35.2 Å². The summed E-state index contributed by atoms with van der Waals surface area (Å²) in [5, 5.41) is 3.47. The standard InChI is InChI=1S/C20H26N4Si/c1-13-6-7-15-11-14(2)18(17(15)10-13)23-20-22-12-16(19(21)24-20)8-9-25(3,4)5/h6-7,10,12,14,18H,11H2,1-5H3,(H3,21,22,23,24)/t14-,18+/m0/s1. The van der Waals surface area contributed by atoms with Crippen molar-refractivity contribution in [3.63, 3.8) is 0 Å². The number of hydrogen-bond donors (Lipinski definition) is 2. The first-order valence-corrected chi connectivity index (χ1v) is 12.2. The molecular formula is C20H26N4Si. The lowest BCUT2D eigenvalue weighted by molar-refractivity contribution is 0.539. The summed E-state index contributed by atoms with van der Waals surface area (Å²) in [5.74, 6) is 4.65. The average Bonchev–Trinajstić information content (AvgIpc) is 2.81. The van der Waals surface area contributed by atoms with Gasteiger partial charge in [-0.2, -0.15) is 4.98 Å². The smallest absolute Gasteiger partial charge is 0.225 e. The van der Waals surface area contributed by atoms with Crippen LogP contribution < -0.4 is 11.1 Å². The van der Waals surface area contributed by atoms with E-state index in [9.17, 15) is 0 Å². The Balaban J connectivity index is 1.84. The monoisotopic (exact) mass is 350 g/mol. The van der Waals surface area contributed by atoms with Gasteiger partial charge in [0, 0.05) is 0 Å². The molecule has 0 spiro atoms. The first kappa shape index (κ1) is 17.5. The summed E-state index contributed by atoms with van der Waals surface area (Å²) in [4.78, 5) is 8.88. The van der Waals surface area contributed by atoms with Crippen LogP contribution >= 0.6 is 0 Å². The Hall–Kier alpha value is -2.32. The van der Waals surface area contributed by atoms with Crippen molar-refractivity contribution in [1.29, 1.82) is 0 Å². The van der Waals surface area contributed by atoms with Crippen LogP contribution in [-0.4, -0.2) is 18.0 Å². The normalized spacial score (nSPS) is 19.1. The number of aromatic nitrogens is 2. The zero-order valence-electron chi connectivity index (χ0n) is 15.6. The SMILES string of the molecule is Cc1ccc2c(c1)[C@H](Nc1ncc(C#C[Si](C)(C)C)c(N)n1)[C@@H](C)C2. The van der Waals surface area contributed by atoms with Crippen LogP contribution in [0.25, 0.3) is 0 Å². The molecule has 130 valence electrons. The third kappa shape index (κ3) is 4.02. The predicted octanol–water partition coefficient (Wildman–Crippen LogP) is 3.94. The fourth-order valence-electron chi connectivity index (χ4n) is 3.14. The Morgan fingerprint density at radius 2 is 2.04 bits per heavy atom. The molecule has 1 aliphatic rings. The van der Waals surface area contributed by atoms with Crippen LogP contribution in [0.4, 0.5) is 11.8 Å². The molecule has 0 unspecified atom stereocenters. The zero-order valence-corrected chi connectivity index (χ0v) is 16.6. The van der Waals surface area contributed by atoms with E-state index in [-0.39, 0.29) is 6.04 Å². The van der Waals surface area contributed by atoms with Crippen LogP contribution in [0.5, 0.6) is 0 Å². The van der Waals surface area contributed by atoms with Gasteiger partial charge in [-0.1, -0.05) is 56.2 Å². The van der Waals surface area contributed by atoms with E-state index in [4.69, 9.17) is 5.73 Å². The Morgan fingerprint density at radius 3 is 2.72 bits per heavy atom. The van der Waals surface area contributed by atoms with E-state index in [0.29, 0.717) is 23.2 Å². The summed E-state index contributed by atoms with van der Waals surface area (Å²) in [5.41, 5.74) is 14.1. The highest BCUT2D eigenvalue weighted by Crippen LogP contribution is 2.38. The van der Waals surface area contributed by atoms with E-state index >= 15 is 0 Å². The number of nitrogens with two attached hydrogens (primary N) is 1. The second-order valence-electron chi connectivity index (χ2n) is 8.00. The Labute approximate surface area is 151 Å². The molecular weight excluding hydrogens is 324 g/mol. The summed E-state index contributed by atoms with van der Waals surface area (Å²) >= 11 is 0.